The van der Waals surface area contributed by atoms with Gasteiger partial charge in [-0.1, -0.05) is 51.4 Å². The first-order valence-electron chi connectivity index (χ1n) is 8.27. The minimum absolute atomic E-state index is 0.222. The molecule has 0 saturated carbocycles. The fourth-order valence-corrected chi connectivity index (χ4v) is 3.09. The van der Waals surface area contributed by atoms with Gasteiger partial charge in [0.05, 0.1) is 13.2 Å². The SMILES string of the molecule is C[Si](O)(O)CCCCCCCCCCCOCC(O)CO. The molecule has 5 nitrogen and oxygen atoms in total. The van der Waals surface area contributed by atoms with Crippen LogP contribution in [-0.4, -0.2) is 54.3 Å². The molecule has 0 heterocycles. The van der Waals surface area contributed by atoms with Gasteiger partial charge in [0.25, 0.3) is 0 Å². The van der Waals surface area contributed by atoms with Crippen LogP contribution in [0.3, 0.4) is 0 Å². The second-order valence-electron chi connectivity index (χ2n) is 6.06. The van der Waals surface area contributed by atoms with Gasteiger partial charge in [0, 0.05) is 6.61 Å². The fraction of sp³-hybridized carbons (Fsp3) is 1.00. The van der Waals surface area contributed by atoms with Crippen LogP contribution in [0.5, 0.6) is 0 Å². The average Bonchev–Trinajstić information content (AvgIpc) is 2.42. The molecule has 0 aliphatic heterocycles. The summed E-state index contributed by atoms with van der Waals surface area (Å²) in [5, 5.41) is 17.7. The van der Waals surface area contributed by atoms with Crippen molar-refractivity contribution in [2.24, 2.45) is 0 Å². The fourth-order valence-electron chi connectivity index (χ4n) is 2.17. The Bertz CT molecular complexity index is 221. The lowest BCUT2D eigenvalue weighted by Crippen LogP contribution is -2.29. The predicted octanol–water partition coefficient (Wildman–Crippen LogP) is 1.92. The number of ether oxygens (including phenoxy) is 1. The van der Waals surface area contributed by atoms with Crippen molar-refractivity contribution < 1.29 is 24.5 Å². The van der Waals surface area contributed by atoms with E-state index in [1.807, 2.05) is 0 Å². The number of rotatable bonds is 15. The molecule has 4 N–H and O–H groups in total. The zero-order valence-electron chi connectivity index (χ0n) is 13.5. The van der Waals surface area contributed by atoms with E-state index in [0.717, 1.165) is 25.7 Å². The monoisotopic (exact) mass is 322 g/mol. The lowest BCUT2D eigenvalue weighted by molar-refractivity contribution is 0.00526. The van der Waals surface area contributed by atoms with Gasteiger partial charge in [0.15, 0.2) is 0 Å². The Hall–Kier alpha value is 0.0169. The van der Waals surface area contributed by atoms with Gasteiger partial charge in [0.1, 0.15) is 6.10 Å². The van der Waals surface area contributed by atoms with Crippen molar-refractivity contribution in [1.82, 2.24) is 0 Å². The van der Waals surface area contributed by atoms with Gasteiger partial charge in [-0.15, -0.1) is 0 Å². The number of aliphatic hydroxyl groups is 2. The molecule has 0 amide bonds. The van der Waals surface area contributed by atoms with Gasteiger partial charge < -0.3 is 24.5 Å². The summed E-state index contributed by atoms with van der Waals surface area (Å²) < 4.78 is 5.24. The van der Waals surface area contributed by atoms with Crippen molar-refractivity contribution in [1.29, 1.82) is 0 Å². The van der Waals surface area contributed by atoms with Crippen LogP contribution in [0.4, 0.5) is 0 Å². The maximum atomic E-state index is 9.28. The summed E-state index contributed by atoms with van der Waals surface area (Å²) in [6.07, 6.45) is 9.57. The third-order valence-electron chi connectivity index (χ3n) is 3.46. The van der Waals surface area contributed by atoms with Crippen molar-refractivity contribution in [3.63, 3.8) is 0 Å². The predicted molar refractivity (Wildman–Crippen MR) is 86.3 cm³/mol. The summed E-state index contributed by atoms with van der Waals surface area (Å²) in [6.45, 7) is 2.21. The number of aliphatic hydroxyl groups excluding tert-OH is 2. The van der Waals surface area contributed by atoms with E-state index in [9.17, 15) is 9.59 Å². The molecule has 0 bridgehead atoms. The number of hydrogen-bond donors (Lipinski definition) is 4. The molecule has 0 radical (unpaired) electrons. The highest BCUT2D eigenvalue weighted by Gasteiger charge is 2.19. The summed E-state index contributed by atoms with van der Waals surface area (Å²) in [5.74, 6) is 0. The molecule has 0 saturated heterocycles. The number of hydrogen-bond acceptors (Lipinski definition) is 5. The minimum Gasteiger partial charge on any atom is -0.411 e. The Labute approximate surface area is 130 Å². The zero-order valence-corrected chi connectivity index (χ0v) is 14.5. The van der Waals surface area contributed by atoms with Crippen LogP contribution >= 0.6 is 0 Å². The second kappa shape index (κ2) is 13.7. The summed E-state index contributed by atoms with van der Waals surface area (Å²) in [5.41, 5.74) is 0. The van der Waals surface area contributed by atoms with Crippen molar-refractivity contribution in [2.75, 3.05) is 19.8 Å². The van der Waals surface area contributed by atoms with Crippen LogP contribution in [0.15, 0.2) is 0 Å². The highest BCUT2D eigenvalue weighted by Crippen LogP contribution is 2.13. The van der Waals surface area contributed by atoms with E-state index in [1.54, 1.807) is 6.55 Å². The van der Waals surface area contributed by atoms with Crippen molar-refractivity contribution in [3.05, 3.63) is 0 Å². The molecular weight excluding hydrogens is 288 g/mol. The topological polar surface area (TPSA) is 90.2 Å². The molecule has 0 aliphatic rings. The van der Waals surface area contributed by atoms with Gasteiger partial charge in [0.2, 0.25) is 0 Å². The summed E-state index contributed by atoms with van der Waals surface area (Å²) in [7, 11) is -2.81. The molecule has 0 fully saturated rings. The van der Waals surface area contributed by atoms with Crippen LogP contribution in [0.2, 0.25) is 12.6 Å². The van der Waals surface area contributed by atoms with Crippen molar-refractivity contribution in [2.45, 2.75) is 76.5 Å². The maximum Gasteiger partial charge on any atom is 0.329 e. The highest BCUT2D eigenvalue weighted by atomic mass is 28.4. The number of unbranched alkanes of at least 4 members (excludes halogenated alkanes) is 8. The maximum absolute atomic E-state index is 9.28. The highest BCUT2D eigenvalue weighted by molar-refractivity contribution is 6.63. The third kappa shape index (κ3) is 18.0. The molecule has 0 aliphatic carbocycles. The quantitative estimate of drug-likeness (QED) is 0.273. The molecule has 0 aromatic heterocycles. The van der Waals surface area contributed by atoms with E-state index in [0.29, 0.717) is 12.7 Å². The van der Waals surface area contributed by atoms with Crippen LogP contribution in [0.1, 0.15) is 57.8 Å². The second-order valence-corrected chi connectivity index (χ2v) is 8.99. The molecule has 128 valence electrons. The Balaban J connectivity index is 3.06. The van der Waals surface area contributed by atoms with Gasteiger partial charge in [-0.3, -0.25) is 0 Å². The molecule has 6 heteroatoms. The Morgan fingerprint density at radius 1 is 0.857 bits per heavy atom. The van der Waals surface area contributed by atoms with Crippen molar-refractivity contribution >= 4 is 8.56 Å². The van der Waals surface area contributed by atoms with Crippen molar-refractivity contribution in [3.8, 4) is 0 Å². The Morgan fingerprint density at radius 3 is 1.81 bits per heavy atom. The average molecular weight is 323 g/mol. The van der Waals surface area contributed by atoms with Gasteiger partial charge in [-0.25, -0.2) is 0 Å². The first kappa shape index (κ1) is 21.0. The molecule has 1 atom stereocenters. The van der Waals surface area contributed by atoms with E-state index in [-0.39, 0.29) is 13.2 Å². The summed E-state index contributed by atoms with van der Waals surface area (Å²) >= 11 is 0. The summed E-state index contributed by atoms with van der Waals surface area (Å²) in [4.78, 5) is 18.6. The van der Waals surface area contributed by atoms with Gasteiger partial charge in [-0.2, -0.15) is 0 Å². The largest absolute Gasteiger partial charge is 0.411 e. The van der Waals surface area contributed by atoms with E-state index in [1.165, 1.54) is 32.1 Å². The molecule has 0 rings (SSSR count). The smallest absolute Gasteiger partial charge is 0.329 e. The van der Waals surface area contributed by atoms with Crippen LogP contribution in [0, 0.1) is 0 Å². The van der Waals surface area contributed by atoms with E-state index >= 15 is 0 Å². The van der Waals surface area contributed by atoms with Gasteiger partial charge in [-0.05, 0) is 19.0 Å². The molecule has 21 heavy (non-hydrogen) atoms. The van der Waals surface area contributed by atoms with Crippen LogP contribution in [-0.2, 0) is 4.74 Å². The standard InChI is InChI=1S/C15H34O5Si/c1-21(18,19)12-10-8-6-4-2-3-5-7-9-11-20-14-15(17)13-16/h15-19H,2-14H2,1H3. The van der Waals surface area contributed by atoms with Crippen LogP contribution in [0.25, 0.3) is 0 Å². The van der Waals surface area contributed by atoms with Crippen LogP contribution < -0.4 is 0 Å². The zero-order chi connectivity index (χ0) is 16.0. The molecule has 0 aromatic carbocycles. The summed E-state index contributed by atoms with van der Waals surface area (Å²) in [6, 6.07) is 0.595. The molecular formula is C15H34O5Si. The minimum atomic E-state index is -2.81. The first-order chi connectivity index (χ1) is 9.95. The normalized spacial score (nSPS) is 13.6. The molecule has 1 unspecified atom stereocenters. The Kier molecular flexibility index (Phi) is 13.7. The van der Waals surface area contributed by atoms with Gasteiger partial charge >= 0.3 is 8.56 Å². The lowest BCUT2D eigenvalue weighted by Gasteiger charge is -2.10. The first-order valence-corrected chi connectivity index (χ1v) is 10.9. The van der Waals surface area contributed by atoms with E-state index in [2.05, 4.69) is 0 Å². The molecule has 0 spiro atoms. The third-order valence-corrected chi connectivity index (χ3v) is 4.76. The Morgan fingerprint density at radius 2 is 1.33 bits per heavy atom. The molecule has 0 aromatic rings. The van der Waals surface area contributed by atoms with E-state index < -0.39 is 14.7 Å². The lowest BCUT2D eigenvalue weighted by atomic mass is 10.1. The van der Waals surface area contributed by atoms with E-state index in [4.69, 9.17) is 14.9 Å².